The number of ether oxygens (including phenoxy) is 1. The van der Waals surface area contributed by atoms with Crippen LogP contribution in [0.1, 0.15) is 36.7 Å². The molecule has 1 atom stereocenters. The molecule has 0 saturated carbocycles. The van der Waals surface area contributed by atoms with Gasteiger partial charge in [0.25, 0.3) is 5.56 Å². The number of hydrogen-bond acceptors (Lipinski definition) is 6. The van der Waals surface area contributed by atoms with Crippen LogP contribution in [-0.2, 0) is 16.6 Å². The number of benzene rings is 1. The van der Waals surface area contributed by atoms with Crippen LogP contribution in [0.3, 0.4) is 0 Å². The number of carbonyl (C=O) groups excluding carboxylic acids is 1. The number of aromatic nitrogens is 3. The maximum atomic E-state index is 13.4. The van der Waals surface area contributed by atoms with E-state index >= 15 is 0 Å². The molecule has 1 aliphatic heterocycles. The fourth-order valence-electron chi connectivity index (χ4n) is 3.64. The van der Waals surface area contributed by atoms with E-state index in [2.05, 4.69) is 10.1 Å². The molecular formula is C22H22N4O3S. The molecule has 0 saturated heterocycles. The number of hydrogen-bond donors (Lipinski definition) is 0. The highest BCUT2D eigenvalue weighted by Gasteiger charge is 2.33. The van der Waals surface area contributed by atoms with Gasteiger partial charge in [-0.05, 0) is 32.4 Å². The molecule has 30 heavy (non-hydrogen) atoms. The summed E-state index contributed by atoms with van der Waals surface area (Å²) in [4.78, 5) is 31.4. The zero-order valence-electron chi connectivity index (χ0n) is 17.2. The topological polar surface area (TPSA) is 78.5 Å². The third-order valence-corrected chi connectivity index (χ3v) is 5.95. The molecule has 154 valence electrons. The normalized spacial score (nSPS) is 16.4. The number of esters is 1. The summed E-state index contributed by atoms with van der Waals surface area (Å²) in [5, 5.41) is 4.34. The molecule has 4 rings (SSSR count). The lowest BCUT2D eigenvalue weighted by Gasteiger charge is -2.24. The van der Waals surface area contributed by atoms with Gasteiger partial charge in [0, 0.05) is 18.8 Å². The average Bonchev–Trinajstić information content (AvgIpc) is 3.19. The van der Waals surface area contributed by atoms with Gasteiger partial charge in [-0.25, -0.2) is 9.79 Å². The van der Waals surface area contributed by atoms with Crippen molar-refractivity contribution < 1.29 is 9.53 Å². The minimum Gasteiger partial charge on any atom is -0.463 e. The van der Waals surface area contributed by atoms with Crippen LogP contribution in [0.2, 0.25) is 0 Å². The highest BCUT2D eigenvalue weighted by atomic mass is 32.1. The molecule has 0 N–H and O–H groups in total. The average molecular weight is 423 g/mol. The van der Waals surface area contributed by atoms with Crippen LogP contribution < -0.4 is 14.9 Å². The Morgan fingerprint density at radius 2 is 2.00 bits per heavy atom. The first-order valence-corrected chi connectivity index (χ1v) is 10.5. The van der Waals surface area contributed by atoms with Gasteiger partial charge < -0.3 is 4.74 Å². The molecule has 0 radical (unpaired) electrons. The predicted octanol–water partition coefficient (Wildman–Crippen LogP) is 1.84. The van der Waals surface area contributed by atoms with Crippen LogP contribution in [0, 0.1) is 6.92 Å². The van der Waals surface area contributed by atoms with Crippen LogP contribution in [-0.4, -0.2) is 26.9 Å². The van der Waals surface area contributed by atoms with Gasteiger partial charge in [0.05, 0.1) is 34.1 Å². The molecule has 3 aromatic rings. The van der Waals surface area contributed by atoms with Crippen molar-refractivity contribution in [3.8, 4) is 0 Å². The summed E-state index contributed by atoms with van der Waals surface area (Å²) < 4.78 is 9.15. The zero-order valence-corrected chi connectivity index (χ0v) is 18.1. The molecule has 1 unspecified atom stereocenters. The first-order valence-electron chi connectivity index (χ1n) is 9.65. The summed E-state index contributed by atoms with van der Waals surface area (Å²) in [7, 11) is 1.84. The van der Waals surface area contributed by atoms with Gasteiger partial charge in [-0.15, -0.1) is 0 Å². The standard InChI is InChI=1S/C22H22N4O3S/c1-5-29-21(28)18-14(3)23-22-26(19(18)15-9-7-6-8-10-15)20(27)17(30-22)11-16-12-25(4)24-13(16)2/h6-12,19H,5H2,1-4H3. The van der Waals surface area contributed by atoms with Crippen molar-refractivity contribution in [2.45, 2.75) is 26.8 Å². The first kappa shape index (κ1) is 20.0. The third kappa shape index (κ3) is 3.43. The lowest BCUT2D eigenvalue weighted by molar-refractivity contribution is -0.139. The van der Waals surface area contributed by atoms with Gasteiger partial charge in [0.15, 0.2) is 4.80 Å². The van der Waals surface area contributed by atoms with Crippen molar-refractivity contribution in [3.63, 3.8) is 0 Å². The van der Waals surface area contributed by atoms with Crippen molar-refractivity contribution in [1.29, 1.82) is 0 Å². The lowest BCUT2D eigenvalue weighted by atomic mass is 9.96. The summed E-state index contributed by atoms with van der Waals surface area (Å²) in [5.41, 5.74) is 3.31. The van der Waals surface area contributed by atoms with E-state index in [-0.39, 0.29) is 12.2 Å². The Morgan fingerprint density at radius 1 is 1.27 bits per heavy atom. The summed E-state index contributed by atoms with van der Waals surface area (Å²) in [6.45, 7) is 5.70. The van der Waals surface area contributed by atoms with E-state index in [0.29, 0.717) is 20.6 Å². The second kappa shape index (κ2) is 7.87. The molecule has 3 heterocycles. The molecule has 0 bridgehead atoms. The predicted molar refractivity (Wildman–Crippen MR) is 115 cm³/mol. The second-order valence-electron chi connectivity index (χ2n) is 7.06. The van der Waals surface area contributed by atoms with E-state index in [1.165, 1.54) is 11.3 Å². The monoisotopic (exact) mass is 422 g/mol. The Hall–Kier alpha value is -3.26. The lowest BCUT2D eigenvalue weighted by Crippen LogP contribution is -2.39. The van der Waals surface area contributed by atoms with Gasteiger partial charge in [-0.1, -0.05) is 41.7 Å². The number of fused-ring (bicyclic) bond motifs is 1. The smallest absolute Gasteiger partial charge is 0.338 e. The van der Waals surface area contributed by atoms with Crippen LogP contribution in [0.15, 0.2) is 57.6 Å². The van der Waals surface area contributed by atoms with Gasteiger partial charge in [-0.3, -0.25) is 14.0 Å². The Morgan fingerprint density at radius 3 is 2.63 bits per heavy atom. The SMILES string of the molecule is CCOC(=O)C1=C(C)N=c2sc(=Cc3cn(C)nc3C)c(=O)n2C1c1ccccc1. The number of allylic oxidation sites excluding steroid dienone is 1. The molecule has 7 nitrogen and oxygen atoms in total. The number of nitrogens with zero attached hydrogens (tertiary/aromatic N) is 4. The fourth-order valence-corrected chi connectivity index (χ4v) is 4.68. The number of thiazole rings is 1. The van der Waals surface area contributed by atoms with Crippen molar-refractivity contribution >= 4 is 23.4 Å². The van der Waals surface area contributed by atoms with Crippen molar-refractivity contribution in [2.24, 2.45) is 12.0 Å². The molecule has 0 spiro atoms. The maximum absolute atomic E-state index is 13.4. The Kier molecular flexibility index (Phi) is 5.26. The molecule has 0 aliphatic carbocycles. The van der Waals surface area contributed by atoms with Gasteiger partial charge in [-0.2, -0.15) is 5.10 Å². The highest BCUT2D eigenvalue weighted by Crippen LogP contribution is 2.30. The van der Waals surface area contributed by atoms with E-state index in [4.69, 9.17) is 4.74 Å². The second-order valence-corrected chi connectivity index (χ2v) is 8.07. The van der Waals surface area contributed by atoms with Crippen LogP contribution in [0.5, 0.6) is 0 Å². The number of carbonyl (C=O) groups is 1. The van der Waals surface area contributed by atoms with Crippen molar-refractivity contribution in [2.75, 3.05) is 6.61 Å². The Bertz CT molecular complexity index is 1330. The van der Waals surface area contributed by atoms with E-state index in [1.807, 2.05) is 56.6 Å². The number of rotatable bonds is 4. The van der Waals surface area contributed by atoms with E-state index in [9.17, 15) is 9.59 Å². The largest absolute Gasteiger partial charge is 0.463 e. The van der Waals surface area contributed by atoms with Crippen LogP contribution in [0.4, 0.5) is 0 Å². The van der Waals surface area contributed by atoms with Crippen LogP contribution in [0.25, 0.3) is 6.08 Å². The third-order valence-electron chi connectivity index (χ3n) is 4.97. The molecule has 8 heteroatoms. The Balaban J connectivity index is 1.97. The fraction of sp³-hybridized carbons (Fsp3) is 0.273. The van der Waals surface area contributed by atoms with Crippen LogP contribution >= 0.6 is 11.3 Å². The Labute approximate surface area is 177 Å². The van der Waals surface area contributed by atoms with Gasteiger partial charge >= 0.3 is 5.97 Å². The maximum Gasteiger partial charge on any atom is 0.338 e. The van der Waals surface area contributed by atoms with Crippen molar-refractivity contribution in [3.05, 3.63) is 84.3 Å². The van der Waals surface area contributed by atoms with E-state index in [0.717, 1.165) is 16.8 Å². The highest BCUT2D eigenvalue weighted by molar-refractivity contribution is 7.07. The summed E-state index contributed by atoms with van der Waals surface area (Å²) in [6, 6.07) is 8.92. The molecule has 2 aromatic heterocycles. The molecule has 0 fully saturated rings. The minimum absolute atomic E-state index is 0.190. The molecular weight excluding hydrogens is 400 g/mol. The first-order chi connectivity index (χ1) is 14.4. The molecule has 1 aromatic carbocycles. The summed E-state index contributed by atoms with van der Waals surface area (Å²) in [5.74, 6) is -0.454. The van der Waals surface area contributed by atoms with Crippen molar-refractivity contribution in [1.82, 2.24) is 14.3 Å². The summed E-state index contributed by atoms with van der Waals surface area (Å²) in [6.07, 6.45) is 3.70. The molecule has 0 amide bonds. The quantitative estimate of drug-likeness (QED) is 0.601. The van der Waals surface area contributed by atoms with E-state index < -0.39 is 12.0 Å². The van der Waals surface area contributed by atoms with Gasteiger partial charge in [0.2, 0.25) is 0 Å². The molecule has 1 aliphatic rings. The zero-order chi connectivity index (χ0) is 21.4. The minimum atomic E-state index is -0.585. The number of aryl methyl sites for hydroxylation is 2. The van der Waals surface area contributed by atoms with Gasteiger partial charge in [0.1, 0.15) is 0 Å². The summed E-state index contributed by atoms with van der Waals surface area (Å²) >= 11 is 1.31. The van der Waals surface area contributed by atoms with E-state index in [1.54, 1.807) is 23.1 Å².